The number of aliphatic hydroxyl groups is 1. The van der Waals surface area contributed by atoms with Crippen molar-refractivity contribution in [3.8, 4) is 11.5 Å². The van der Waals surface area contributed by atoms with Crippen LogP contribution in [0.5, 0.6) is 11.5 Å². The second-order valence-electron chi connectivity index (χ2n) is 6.55. The molecule has 0 saturated carbocycles. The van der Waals surface area contributed by atoms with Crippen LogP contribution in [-0.2, 0) is 6.54 Å². The second kappa shape index (κ2) is 9.52. The average Bonchev–Trinajstić information content (AvgIpc) is 2.69. The third-order valence-electron chi connectivity index (χ3n) is 4.56. The number of pyridine rings is 1. The van der Waals surface area contributed by atoms with Crippen LogP contribution in [0.4, 0.5) is 0 Å². The lowest BCUT2D eigenvalue weighted by Gasteiger charge is -2.35. The molecule has 0 amide bonds. The second-order valence-corrected chi connectivity index (χ2v) is 6.55. The van der Waals surface area contributed by atoms with Crippen LogP contribution >= 0.6 is 0 Å². The summed E-state index contributed by atoms with van der Waals surface area (Å²) in [5.41, 5.74) is 1.24. The lowest BCUT2D eigenvalue weighted by Crippen LogP contribution is -2.48. The predicted octanol–water partition coefficient (Wildman–Crippen LogP) is 1.65. The molecule has 0 spiro atoms. The molecule has 0 unspecified atom stereocenters. The van der Waals surface area contributed by atoms with Crippen molar-refractivity contribution in [3.05, 3.63) is 54.4 Å². The van der Waals surface area contributed by atoms with Gasteiger partial charge in [-0.2, -0.15) is 0 Å². The topological polar surface area (TPSA) is 58.1 Å². The van der Waals surface area contributed by atoms with E-state index in [0.29, 0.717) is 18.0 Å². The molecule has 140 valence electrons. The maximum Gasteiger partial charge on any atom is 0.161 e. The Morgan fingerprint density at radius 1 is 1.04 bits per heavy atom. The van der Waals surface area contributed by atoms with Crippen LogP contribution in [0.1, 0.15) is 5.56 Å². The molecule has 3 rings (SSSR count). The summed E-state index contributed by atoms with van der Waals surface area (Å²) in [6.07, 6.45) is 3.20. The van der Waals surface area contributed by atoms with Gasteiger partial charge in [-0.25, -0.2) is 0 Å². The largest absolute Gasteiger partial charge is 0.493 e. The molecule has 1 aromatic carbocycles. The van der Waals surface area contributed by atoms with Gasteiger partial charge in [-0.05, 0) is 23.8 Å². The summed E-state index contributed by atoms with van der Waals surface area (Å²) in [5, 5.41) is 10.3. The highest BCUT2D eigenvalue weighted by molar-refractivity contribution is 5.39. The summed E-state index contributed by atoms with van der Waals surface area (Å²) >= 11 is 0. The zero-order valence-electron chi connectivity index (χ0n) is 15.3. The number of hydrogen-bond donors (Lipinski definition) is 1. The highest BCUT2D eigenvalue weighted by atomic mass is 16.5. The van der Waals surface area contributed by atoms with Crippen molar-refractivity contribution in [1.29, 1.82) is 0 Å². The van der Waals surface area contributed by atoms with Gasteiger partial charge in [-0.15, -0.1) is 0 Å². The molecule has 2 heterocycles. The molecule has 1 aliphatic heterocycles. The first-order valence-corrected chi connectivity index (χ1v) is 9.02. The van der Waals surface area contributed by atoms with Crippen LogP contribution in [-0.4, -0.2) is 72.4 Å². The van der Waals surface area contributed by atoms with Crippen molar-refractivity contribution < 1.29 is 14.6 Å². The number of aromatic nitrogens is 1. The fourth-order valence-corrected chi connectivity index (χ4v) is 3.15. The van der Waals surface area contributed by atoms with Gasteiger partial charge >= 0.3 is 0 Å². The lowest BCUT2D eigenvalue weighted by molar-refractivity contribution is 0.0440. The maximum absolute atomic E-state index is 10.3. The molecule has 6 heteroatoms. The normalized spacial score (nSPS) is 17.0. The van der Waals surface area contributed by atoms with Crippen LogP contribution in [0.15, 0.2) is 48.8 Å². The monoisotopic (exact) mass is 357 g/mol. The molecule has 6 nitrogen and oxygen atoms in total. The Kier molecular flexibility index (Phi) is 6.82. The predicted molar refractivity (Wildman–Crippen MR) is 100 cm³/mol. The van der Waals surface area contributed by atoms with Crippen molar-refractivity contribution in [2.24, 2.45) is 0 Å². The Bertz CT molecular complexity index is 660. The van der Waals surface area contributed by atoms with E-state index in [1.807, 2.05) is 36.5 Å². The third-order valence-corrected chi connectivity index (χ3v) is 4.56. The van der Waals surface area contributed by atoms with Crippen molar-refractivity contribution in [2.45, 2.75) is 12.6 Å². The number of ether oxygens (including phenoxy) is 2. The molecule has 26 heavy (non-hydrogen) atoms. The van der Waals surface area contributed by atoms with Gasteiger partial charge in [0.15, 0.2) is 11.5 Å². The zero-order chi connectivity index (χ0) is 18.2. The van der Waals surface area contributed by atoms with E-state index in [0.717, 1.165) is 32.7 Å². The molecule has 0 aliphatic carbocycles. The third kappa shape index (κ3) is 5.42. The van der Waals surface area contributed by atoms with Crippen LogP contribution in [0.3, 0.4) is 0 Å². The number of nitrogens with zero attached hydrogens (tertiary/aromatic N) is 3. The quantitative estimate of drug-likeness (QED) is 0.775. The van der Waals surface area contributed by atoms with Crippen LogP contribution in [0, 0.1) is 0 Å². The van der Waals surface area contributed by atoms with E-state index in [1.165, 1.54) is 5.56 Å². The first-order chi connectivity index (χ1) is 12.7. The molecule has 1 saturated heterocycles. The van der Waals surface area contributed by atoms with Gasteiger partial charge in [-0.3, -0.25) is 14.8 Å². The minimum Gasteiger partial charge on any atom is -0.493 e. The van der Waals surface area contributed by atoms with E-state index in [9.17, 15) is 5.11 Å². The van der Waals surface area contributed by atoms with E-state index in [-0.39, 0.29) is 6.61 Å². The standard InChI is InChI=1S/C20H27N3O3/c1-25-19-6-2-3-7-20(19)26-16-18(24)15-23-11-9-22(10-12-23)14-17-5-4-8-21-13-17/h2-8,13,18,24H,9-12,14-16H2,1H3/t18-/m1/s1. The number of rotatable bonds is 8. The van der Waals surface area contributed by atoms with Gasteiger partial charge in [-0.1, -0.05) is 18.2 Å². The fourth-order valence-electron chi connectivity index (χ4n) is 3.15. The number of β-amino-alcohol motifs (C(OH)–C–C–N with tert-alkyl or cyclic N) is 1. The Labute approximate surface area is 155 Å². The molecular formula is C20H27N3O3. The van der Waals surface area contributed by atoms with E-state index >= 15 is 0 Å². The van der Waals surface area contributed by atoms with Crippen molar-refractivity contribution in [2.75, 3.05) is 46.4 Å². The van der Waals surface area contributed by atoms with Crippen molar-refractivity contribution in [1.82, 2.24) is 14.8 Å². The van der Waals surface area contributed by atoms with Gasteiger partial charge in [0, 0.05) is 51.7 Å². The van der Waals surface area contributed by atoms with Crippen molar-refractivity contribution >= 4 is 0 Å². The van der Waals surface area contributed by atoms with E-state index in [4.69, 9.17) is 9.47 Å². The molecule has 0 radical (unpaired) electrons. The molecule has 1 fully saturated rings. The van der Waals surface area contributed by atoms with Gasteiger partial charge in [0.25, 0.3) is 0 Å². The van der Waals surface area contributed by atoms with Crippen LogP contribution < -0.4 is 9.47 Å². The summed E-state index contributed by atoms with van der Waals surface area (Å²) in [4.78, 5) is 8.88. The van der Waals surface area contributed by atoms with Gasteiger partial charge in [0.1, 0.15) is 12.7 Å². The highest BCUT2D eigenvalue weighted by Gasteiger charge is 2.20. The molecular weight excluding hydrogens is 330 g/mol. The summed E-state index contributed by atoms with van der Waals surface area (Å²) in [6, 6.07) is 11.6. The highest BCUT2D eigenvalue weighted by Crippen LogP contribution is 2.25. The molecule has 1 atom stereocenters. The number of hydrogen-bond acceptors (Lipinski definition) is 6. The first kappa shape index (κ1) is 18.6. The Hall–Kier alpha value is -2.15. The molecule has 2 aromatic rings. The minimum absolute atomic E-state index is 0.260. The van der Waals surface area contributed by atoms with Gasteiger partial charge in [0.05, 0.1) is 7.11 Å². The smallest absolute Gasteiger partial charge is 0.161 e. The number of aliphatic hydroxyl groups excluding tert-OH is 1. The van der Waals surface area contributed by atoms with Crippen molar-refractivity contribution in [3.63, 3.8) is 0 Å². The summed E-state index contributed by atoms with van der Waals surface area (Å²) in [5.74, 6) is 1.35. The molecule has 1 aliphatic rings. The zero-order valence-corrected chi connectivity index (χ0v) is 15.3. The van der Waals surface area contributed by atoms with E-state index in [2.05, 4.69) is 20.9 Å². The molecule has 1 N–H and O–H groups in total. The van der Waals surface area contributed by atoms with E-state index < -0.39 is 6.10 Å². The Morgan fingerprint density at radius 3 is 2.46 bits per heavy atom. The SMILES string of the molecule is COc1ccccc1OC[C@H](O)CN1CCN(Cc2cccnc2)CC1. The lowest BCUT2D eigenvalue weighted by atomic mass is 10.2. The number of para-hydroxylation sites is 2. The summed E-state index contributed by atoms with van der Waals surface area (Å²) < 4.78 is 11.0. The van der Waals surface area contributed by atoms with Gasteiger partial charge in [0.2, 0.25) is 0 Å². The average molecular weight is 357 g/mol. The Morgan fingerprint density at radius 2 is 1.77 bits per heavy atom. The fraction of sp³-hybridized carbons (Fsp3) is 0.450. The van der Waals surface area contributed by atoms with Crippen LogP contribution in [0.25, 0.3) is 0 Å². The van der Waals surface area contributed by atoms with E-state index in [1.54, 1.807) is 13.3 Å². The Balaban J connectivity index is 1.38. The van der Waals surface area contributed by atoms with Gasteiger partial charge < -0.3 is 14.6 Å². The first-order valence-electron chi connectivity index (χ1n) is 9.02. The summed E-state index contributed by atoms with van der Waals surface area (Å²) in [6.45, 7) is 5.70. The maximum atomic E-state index is 10.3. The summed E-state index contributed by atoms with van der Waals surface area (Å²) in [7, 11) is 1.61. The molecule has 1 aromatic heterocycles. The minimum atomic E-state index is -0.523. The number of piperazine rings is 1. The number of benzene rings is 1. The number of methoxy groups -OCH3 is 1. The van der Waals surface area contributed by atoms with Crippen LogP contribution in [0.2, 0.25) is 0 Å². The molecule has 0 bridgehead atoms.